The minimum atomic E-state index is -0.0542. The molecule has 5 nitrogen and oxygen atoms in total. The fraction of sp³-hybridized carbons (Fsp3) is 0.0769. The van der Waals surface area contributed by atoms with Gasteiger partial charge in [0.15, 0.2) is 5.16 Å². The van der Waals surface area contributed by atoms with Crippen molar-refractivity contribution >= 4 is 22.7 Å². The summed E-state index contributed by atoms with van der Waals surface area (Å²) in [6.07, 6.45) is 4.75. The first-order chi connectivity index (χ1) is 9.36. The highest BCUT2D eigenvalue weighted by Crippen LogP contribution is 2.28. The maximum absolute atomic E-state index is 8.95. The Morgan fingerprint density at radius 2 is 1.79 bits per heavy atom. The van der Waals surface area contributed by atoms with Crippen LogP contribution < -0.4 is 0 Å². The van der Waals surface area contributed by atoms with Crippen molar-refractivity contribution in [1.82, 2.24) is 19.9 Å². The van der Waals surface area contributed by atoms with E-state index in [0.717, 1.165) is 15.9 Å². The van der Waals surface area contributed by atoms with E-state index in [4.69, 9.17) is 5.11 Å². The van der Waals surface area contributed by atoms with E-state index in [2.05, 4.69) is 19.9 Å². The molecule has 0 saturated heterocycles. The molecule has 0 fully saturated rings. The Morgan fingerprint density at radius 1 is 1.00 bits per heavy atom. The van der Waals surface area contributed by atoms with Crippen molar-refractivity contribution in [2.75, 3.05) is 0 Å². The van der Waals surface area contributed by atoms with Gasteiger partial charge in [-0.15, -0.1) is 0 Å². The van der Waals surface area contributed by atoms with Crippen LogP contribution >= 0.6 is 11.8 Å². The van der Waals surface area contributed by atoms with E-state index >= 15 is 0 Å². The van der Waals surface area contributed by atoms with Crippen molar-refractivity contribution < 1.29 is 5.11 Å². The van der Waals surface area contributed by atoms with Crippen LogP contribution in [0.4, 0.5) is 0 Å². The lowest BCUT2D eigenvalue weighted by Crippen LogP contribution is -1.92. The van der Waals surface area contributed by atoms with Crippen molar-refractivity contribution in [3.05, 3.63) is 48.5 Å². The molecule has 0 amide bonds. The third-order valence-electron chi connectivity index (χ3n) is 2.56. The lowest BCUT2D eigenvalue weighted by atomic mass is 10.2. The fourth-order valence-electron chi connectivity index (χ4n) is 1.63. The van der Waals surface area contributed by atoms with Gasteiger partial charge >= 0.3 is 0 Å². The molecule has 94 valence electrons. The van der Waals surface area contributed by atoms with Crippen molar-refractivity contribution in [2.45, 2.75) is 16.8 Å². The number of aliphatic hydroxyl groups excluding tert-OH is 1. The monoisotopic (exact) mass is 270 g/mol. The maximum atomic E-state index is 8.95. The first-order valence-electron chi connectivity index (χ1n) is 5.66. The Hall–Kier alpha value is -2.05. The number of nitrogens with zero attached hydrogens (tertiary/aromatic N) is 4. The van der Waals surface area contributed by atoms with Gasteiger partial charge < -0.3 is 5.11 Å². The molecule has 0 aliphatic rings. The predicted molar refractivity (Wildman–Crippen MR) is 71.6 cm³/mol. The van der Waals surface area contributed by atoms with Gasteiger partial charge in [0.25, 0.3) is 0 Å². The number of hydrogen-bond acceptors (Lipinski definition) is 6. The quantitative estimate of drug-likeness (QED) is 0.580. The Balaban J connectivity index is 1.96. The molecule has 2 heterocycles. The molecule has 0 radical (unpaired) electrons. The van der Waals surface area contributed by atoms with Crippen molar-refractivity contribution in [3.8, 4) is 0 Å². The zero-order chi connectivity index (χ0) is 13.1. The number of fused-ring (bicyclic) bond motifs is 1. The molecule has 0 aliphatic heterocycles. The SMILES string of the molecule is OCc1cnc(Sc2ncnc3ccccc23)nc1. The number of hydrogen-bond donors (Lipinski definition) is 1. The van der Waals surface area contributed by atoms with Gasteiger partial charge in [-0.25, -0.2) is 19.9 Å². The van der Waals surface area contributed by atoms with E-state index in [1.54, 1.807) is 12.4 Å². The Morgan fingerprint density at radius 3 is 2.58 bits per heavy atom. The Kier molecular flexibility index (Phi) is 3.35. The molecule has 2 aromatic heterocycles. The van der Waals surface area contributed by atoms with Gasteiger partial charge in [-0.05, 0) is 17.8 Å². The minimum absolute atomic E-state index is 0.0542. The second-order valence-electron chi connectivity index (χ2n) is 3.83. The van der Waals surface area contributed by atoms with Crippen LogP contribution in [0.3, 0.4) is 0 Å². The maximum Gasteiger partial charge on any atom is 0.193 e. The molecule has 1 N–H and O–H groups in total. The second kappa shape index (κ2) is 5.29. The molecule has 0 atom stereocenters. The van der Waals surface area contributed by atoms with E-state index in [1.165, 1.54) is 18.1 Å². The lowest BCUT2D eigenvalue weighted by molar-refractivity contribution is 0.280. The summed E-state index contributed by atoms with van der Waals surface area (Å²) in [5.74, 6) is 0. The van der Waals surface area contributed by atoms with Crippen LogP contribution in [-0.2, 0) is 6.61 Å². The van der Waals surface area contributed by atoms with E-state index in [1.807, 2.05) is 24.3 Å². The van der Waals surface area contributed by atoms with E-state index in [9.17, 15) is 0 Å². The van der Waals surface area contributed by atoms with E-state index in [-0.39, 0.29) is 6.61 Å². The molecule has 1 aromatic carbocycles. The third kappa shape index (κ3) is 2.54. The summed E-state index contributed by atoms with van der Waals surface area (Å²) in [6, 6.07) is 7.80. The van der Waals surface area contributed by atoms with Gasteiger partial charge in [-0.1, -0.05) is 18.2 Å². The van der Waals surface area contributed by atoms with Crippen LogP contribution in [-0.4, -0.2) is 25.0 Å². The lowest BCUT2D eigenvalue weighted by Gasteiger charge is -2.03. The van der Waals surface area contributed by atoms with Crippen LogP contribution in [0.1, 0.15) is 5.56 Å². The molecule has 3 rings (SSSR count). The molecule has 0 aliphatic carbocycles. The molecular formula is C13H10N4OS. The summed E-state index contributed by atoms with van der Waals surface area (Å²) >= 11 is 1.38. The first-order valence-corrected chi connectivity index (χ1v) is 6.48. The van der Waals surface area contributed by atoms with Crippen LogP contribution in [0.2, 0.25) is 0 Å². The average Bonchev–Trinajstić information content (AvgIpc) is 2.48. The topological polar surface area (TPSA) is 71.8 Å². The molecule has 19 heavy (non-hydrogen) atoms. The number of rotatable bonds is 3. The number of aromatic nitrogens is 4. The zero-order valence-corrected chi connectivity index (χ0v) is 10.7. The number of aliphatic hydroxyl groups is 1. The normalized spacial score (nSPS) is 10.8. The molecule has 6 heteroatoms. The third-order valence-corrected chi connectivity index (χ3v) is 3.47. The smallest absolute Gasteiger partial charge is 0.193 e. The second-order valence-corrected chi connectivity index (χ2v) is 4.79. The van der Waals surface area contributed by atoms with Crippen molar-refractivity contribution in [2.24, 2.45) is 0 Å². The van der Waals surface area contributed by atoms with Gasteiger partial charge in [-0.2, -0.15) is 0 Å². The molecule has 0 unspecified atom stereocenters. The summed E-state index contributed by atoms with van der Waals surface area (Å²) in [5, 5.41) is 11.3. The Labute approximate surface area is 113 Å². The van der Waals surface area contributed by atoms with Crippen LogP contribution in [0, 0.1) is 0 Å². The van der Waals surface area contributed by atoms with Gasteiger partial charge in [0.05, 0.1) is 12.1 Å². The van der Waals surface area contributed by atoms with E-state index < -0.39 is 0 Å². The summed E-state index contributed by atoms with van der Waals surface area (Å²) < 4.78 is 0. The largest absolute Gasteiger partial charge is 0.392 e. The highest BCUT2D eigenvalue weighted by molar-refractivity contribution is 7.99. The standard InChI is InChI=1S/C13H10N4OS/c18-7-9-5-14-13(15-6-9)19-12-10-3-1-2-4-11(10)16-8-17-12/h1-6,8,18H,7H2. The van der Waals surface area contributed by atoms with Crippen LogP contribution in [0.5, 0.6) is 0 Å². The predicted octanol–water partition coefficient (Wildman–Crippen LogP) is 2.06. The molecule has 0 saturated carbocycles. The van der Waals surface area contributed by atoms with Gasteiger partial charge in [0, 0.05) is 23.3 Å². The highest BCUT2D eigenvalue weighted by Gasteiger charge is 2.07. The van der Waals surface area contributed by atoms with Crippen LogP contribution in [0.25, 0.3) is 10.9 Å². The molecule has 0 spiro atoms. The number of para-hydroxylation sites is 1. The van der Waals surface area contributed by atoms with Crippen molar-refractivity contribution in [3.63, 3.8) is 0 Å². The Bertz CT molecular complexity index is 697. The summed E-state index contributed by atoms with van der Waals surface area (Å²) in [7, 11) is 0. The van der Waals surface area contributed by atoms with Gasteiger partial charge in [-0.3, -0.25) is 0 Å². The molecular weight excluding hydrogens is 260 g/mol. The summed E-state index contributed by atoms with van der Waals surface area (Å²) in [6.45, 7) is -0.0542. The molecule has 3 aromatic rings. The zero-order valence-electron chi connectivity index (χ0n) is 9.89. The average molecular weight is 270 g/mol. The number of benzene rings is 1. The summed E-state index contributed by atoms with van der Waals surface area (Å²) in [5.41, 5.74) is 1.59. The first kappa shape index (κ1) is 12.0. The minimum Gasteiger partial charge on any atom is -0.392 e. The van der Waals surface area contributed by atoms with Gasteiger partial charge in [0.2, 0.25) is 0 Å². The van der Waals surface area contributed by atoms with Crippen LogP contribution in [0.15, 0.2) is 53.2 Å². The van der Waals surface area contributed by atoms with Crippen molar-refractivity contribution in [1.29, 1.82) is 0 Å². The van der Waals surface area contributed by atoms with E-state index in [0.29, 0.717) is 10.7 Å². The van der Waals surface area contributed by atoms with Gasteiger partial charge in [0.1, 0.15) is 11.4 Å². The fourth-order valence-corrected chi connectivity index (χ4v) is 2.39. The highest BCUT2D eigenvalue weighted by atomic mass is 32.2. The molecule has 0 bridgehead atoms. The summed E-state index contributed by atoms with van der Waals surface area (Å²) in [4.78, 5) is 16.8.